The van der Waals surface area contributed by atoms with Gasteiger partial charge in [-0.15, -0.1) is 5.10 Å². The van der Waals surface area contributed by atoms with Crippen molar-refractivity contribution >= 4 is 5.78 Å². The van der Waals surface area contributed by atoms with E-state index in [0.717, 1.165) is 53.6 Å². The summed E-state index contributed by atoms with van der Waals surface area (Å²) < 4.78 is 3.49. The highest BCUT2D eigenvalue weighted by Crippen LogP contribution is 2.33. The normalized spacial score (nSPS) is 17.8. The molecule has 1 aliphatic carbocycles. The van der Waals surface area contributed by atoms with Gasteiger partial charge < -0.3 is 0 Å². The van der Waals surface area contributed by atoms with Crippen LogP contribution in [0, 0.1) is 5.92 Å². The van der Waals surface area contributed by atoms with Crippen LogP contribution >= 0.6 is 0 Å². The highest BCUT2D eigenvalue weighted by Gasteiger charge is 2.35. The lowest BCUT2D eigenvalue weighted by Gasteiger charge is -2.15. The van der Waals surface area contributed by atoms with Crippen LogP contribution in [0.1, 0.15) is 56.8 Å². The first kappa shape index (κ1) is 22.9. The molecule has 4 aromatic rings. The number of aromatic nitrogens is 7. The number of nitrogens with zero attached hydrogens (tertiary/aromatic N) is 6. The first-order chi connectivity index (χ1) is 17.1. The maximum Gasteiger partial charge on any atom is 0.329 e. The number of tetrazole rings is 1. The van der Waals surface area contributed by atoms with Crippen molar-refractivity contribution in [3.8, 4) is 22.5 Å². The zero-order valence-corrected chi connectivity index (χ0v) is 20.0. The van der Waals surface area contributed by atoms with Gasteiger partial charge in [0.05, 0.1) is 12.6 Å². The van der Waals surface area contributed by atoms with Crippen molar-refractivity contribution in [2.75, 3.05) is 0 Å². The van der Waals surface area contributed by atoms with Gasteiger partial charge >= 0.3 is 5.69 Å². The van der Waals surface area contributed by atoms with Gasteiger partial charge in [-0.25, -0.2) is 9.89 Å². The first-order valence-corrected chi connectivity index (χ1v) is 12.2. The Hall–Kier alpha value is -3.88. The van der Waals surface area contributed by atoms with Crippen LogP contribution in [-0.4, -0.2) is 40.5 Å². The summed E-state index contributed by atoms with van der Waals surface area (Å²) in [7, 11) is 0. The van der Waals surface area contributed by atoms with Gasteiger partial charge in [-0.05, 0) is 58.4 Å². The lowest BCUT2D eigenvalue weighted by atomic mass is 9.96. The van der Waals surface area contributed by atoms with E-state index in [-0.39, 0.29) is 23.4 Å². The number of unbranched alkanes of at least 4 members (excludes halogenated alkanes) is 1. The Bertz CT molecular complexity index is 1390. The second-order valence-corrected chi connectivity index (χ2v) is 9.26. The van der Waals surface area contributed by atoms with Crippen LogP contribution < -0.4 is 5.69 Å². The third-order valence-corrected chi connectivity index (χ3v) is 6.94. The lowest BCUT2D eigenvalue weighted by molar-refractivity contribution is -0.120. The monoisotopic (exact) mass is 471 g/mol. The summed E-state index contributed by atoms with van der Waals surface area (Å²) in [6, 6.07) is 9.46. The van der Waals surface area contributed by atoms with E-state index in [1.165, 1.54) is 0 Å². The number of nitrogens with one attached hydrogen (secondary N) is 1. The fraction of sp³-hybridized carbons (Fsp3) is 0.385. The topological polar surface area (TPSA) is 111 Å². The molecule has 0 bridgehead atoms. The molecule has 9 nitrogen and oxygen atoms in total. The minimum atomic E-state index is -0.378. The summed E-state index contributed by atoms with van der Waals surface area (Å²) in [5.74, 6) is 0.880. The molecule has 0 spiro atoms. The quantitative estimate of drug-likeness (QED) is 0.418. The molecule has 2 unspecified atom stereocenters. The number of Topliss-reactive ketones (excluding diaryl/α,β-unsaturated/α-hetero) is 1. The molecule has 1 N–H and O–H groups in total. The van der Waals surface area contributed by atoms with Crippen molar-refractivity contribution in [3.05, 3.63) is 70.7 Å². The number of pyridine rings is 1. The summed E-state index contributed by atoms with van der Waals surface area (Å²) in [6.45, 7) is 4.56. The molecule has 0 amide bonds. The number of hydrogen-bond donors (Lipinski definition) is 1. The number of ketones is 1. The highest BCUT2D eigenvalue weighted by molar-refractivity contribution is 5.85. The van der Waals surface area contributed by atoms with Gasteiger partial charge in [0.2, 0.25) is 0 Å². The Morgan fingerprint density at radius 1 is 1.11 bits per heavy atom. The second-order valence-electron chi connectivity index (χ2n) is 9.26. The molecule has 3 heterocycles. The summed E-state index contributed by atoms with van der Waals surface area (Å²) >= 11 is 0. The highest BCUT2D eigenvalue weighted by atomic mass is 16.2. The number of aryl methyl sites for hydroxylation is 1. The van der Waals surface area contributed by atoms with E-state index in [2.05, 4.69) is 39.5 Å². The van der Waals surface area contributed by atoms with Crippen LogP contribution in [0.3, 0.4) is 0 Å². The number of rotatable bonds is 8. The molecule has 35 heavy (non-hydrogen) atoms. The largest absolute Gasteiger partial charge is 0.329 e. The van der Waals surface area contributed by atoms with Gasteiger partial charge in [0.1, 0.15) is 0 Å². The number of imidazole rings is 1. The van der Waals surface area contributed by atoms with Crippen molar-refractivity contribution in [3.63, 3.8) is 0 Å². The molecular weight excluding hydrogens is 442 g/mol. The van der Waals surface area contributed by atoms with E-state index < -0.39 is 0 Å². The van der Waals surface area contributed by atoms with Gasteiger partial charge in [0.15, 0.2) is 11.6 Å². The van der Waals surface area contributed by atoms with Gasteiger partial charge in [0, 0.05) is 36.3 Å². The van der Waals surface area contributed by atoms with Crippen molar-refractivity contribution in [2.45, 2.75) is 58.5 Å². The molecule has 1 fully saturated rings. The van der Waals surface area contributed by atoms with Gasteiger partial charge in [0.25, 0.3) is 0 Å². The van der Waals surface area contributed by atoms with Crippen LogP contribution in [0.5, 0.6) is 0 Å². The maximum atomic E-state index is 13.7. The summed E-state index contributed by atoms with van der Waals surface area (Å²) in [5.41, 5.74) is 4.50. The van der Waals surface area contributed by atoms with E-state index in [4.69, 9.17) is 0 Å². The Balaban J connectivity index is 1.59. The van der Waals surface area contributed by atoms with E-state index in [0.29, 0.717) is 18.8 Å². The Morgan fingerprint density at radius 2 is 1.94 bits per heavy atom. The zero-order chi connectivity index (χ0) is 24.4. The van der Waals surface area contributed by atoms with Gasteiger partial charge in [-0.1, -0.05) is 44.5 Å². The molecule has 5 rings (SSSR count). The third-order valence-electron chi connectivity index (χ3n) is 6.94. The molecule has 3 aromatic heterocycles. The van der Waals surface area contributed by atoms with Crippen LogP contribution in [0.25, 0.3) is 22.5 Å². The zero-order valence-electron chi connectivity index (χ0n) is 20.0. The first-order valence-electron chi connectivity index (χ1n) is 12.2. The molecule has 1 aliphatic rings. The smallest absolute Gasteiger partial charge is 0.297 e. The van der Waals surface area contributed by atoms with Gasteiger partial charge in [-0.3, -0.25) is 18.9 Å². The number of carbonyl (C=O) groups is 1. The van der Waals surface area contributed by atoms with Crippen LogP contribution in [0.4, 0.5) is 0 Å². The minimum absolute atomic E-state index is 0.134. The second kappa shape index (κ2) is 9.77. The van der Waals surface area contributed by atoms with Crippen molar-refractivity contribution < 1.29 is 4.79 Å². The number of carbonyl (C=O) groups excluding carboxylic acids is 1. The molecule has 0 radical (unpaired) electrons. The molecule has 2 atom stereocenters. The van der Waals surface area contributed by atoms with Crippen LogP contribution in [0.2, 0.25) is 0 Å². The Kier molecular flexibility index (Phi) is 6.39. The lowest BCUT2D eigenvalue weighted by Crippen LogP contribution is -2.32. The standard InChI is InChI=1S/C26H29N7O2/c1-3-4-7-19-16-33(24-17(2)10-11-23(24)34)26(35)32(19)15-18-14-27-13-12-20(18)21-8-5-6-9-22(21)25-28-30-31-29-25/h5-6,8-9,12-14,16-17,24H,3-4,7,10-11,15H2,1-2H3,(H,28,29,30,31). The van der Waals surface area contributed by atoms with Crippen molar-refractivity contribution in [1.82, 2.24) is 34.7 Å². The summed E-state index contributed by atoms with van der Waals surface area (Å²) in [5, 5.41) is 14.4. The van der Waals surface area contributed by atoms with Crippen molar-refractivity contribution in [2.24, 2.45) is 5.92 Å². The Labute approximate surface area is 203 Å². The average molecular weight is 472 g/mol. The van der Waals surface area contributed by atoms with Gasteiger partial charge in [-0.2, -0.15) is 0 Å². The van der Waals surface area contributed by atoms with Crippen molar-refractivity contribution in [1.29, 1.82) is 0 Å². The SMILES string of the molecule is CCCCc1cn(C2C(=O)CCC2C)c(=O)n1Cc1cnccc1-c1ccccc1-c1nnn[nH]1. The molecule has 0 aliphatic heterocycles. The number of hydrogen-bond acceptors (Lipinski definition) is 6. The van der Waals surface area contributed by atoms with E-state index in [1.807, 2.05) is 47.3 Å². The molecule has 9 heteroatoms. The van der Waals surface area contributed by atoms with E-state index >= 15 is 0 Å². The molecule has 1 aromatic carbocycles. The van der Waals surface area contributed by atoms with E-state index in [1.54, 1.807) is 10.8 Å². The van der Waals surface area contributed by atoms with Crippen LogP contribution in [0.15, 0.2) is 53.7 Å². The maximum absolute atomic E-state index is 13.7. The number of benzene rings is 1. The average Bonchev–Trinajstić information content (AvgIpc) is 3.59. The minimum Gasteiger partial charge on any atom is -0.297 e. The summed E-state index contributed by atoms with van der Waals surface area (Å²) in [4.78, 5) is 30.6. The van der Waals surface area contributed by atoms with Crippen LogP contribution in [-0.2, 0) is 17.8 Å². The molecular formula is C26H29N7O2. The predicted molar refractivity (Wildman–Crippen MR) is 132 cm³/mol. The molecule has 0 saturated heterocycles. The molecule has 180 valence electrons. The van der Waals surface area contributed by atoms with E-state index in [9.17, 15) is 9.59 Å². The summed E-state index contributed by atoms with van der Waals surface area (Å²) in [6.07, 6.45) is 9.60. The molecule has 1 saturated carbocycles. The fourth-order valence-corrected chi connectivity index (χ4v) is 5.08. The predicted octanol–water partition coefficient (Wildman–Crippen LogP) is 3.82. The fourth-order valence-electron chi connectivity index (χ4n) is 5.08. The third kappa shape index (κ3) is 4.34. The Morgan fingerprint density at radius 3 is 2.66 bits per heavy atom. The number of H-pyrrole nitrogens is 1. The number of aromatic amines is 1.